The second-order valence-electron chi connectivity index (χ2n) is 4.02. The molecule has 0 fully saturated rings. The summed E-state index contributed by atoms with van der Waals surface area (Å²) in [5.41, 5.74) is 1.82. The van der Waals surface area contributed by atoms with Crippen LogP contribution in [0.3, 0.4) is 0 Å². The molecular formula is C14H16N2O3. The number of rotatable bonds is 5. The zero-order valence-corrected chi connectivity index (χ0v) is 11.0. The predicted molar refractivity (Wildman–Crippen MR) is 70.9 cm³/mol. The van der Waals surface area contributed by atoms with Gasteiger partial charge in [-0.1, -0.05) is 12.1 Å². The van der Waals surface area contributed by atoms with Crippen LogP contribution in [-0.4, -0.2) is 30.2 Å². The van der Waals surface area contributed by atoms with Crippen molar-refractivity contribution in [1.29, 1.82) is 0 Å². The number of para-hydroxylation sites is 1. The van der Waals surface area contributed by atoms with Crippen LogP contribution in [0.1, 0.15) is 12.2 Å². The Morgan fingerprint density at radius 3 is 2.84 bits per heavy atom. The lowest BCUT2D eigenvalue weighted by Gasteiger charge is -2.05. The summed E-state index contributed by atoms with van der Waals surface area (Å²) in [7, 11) is 3.01. The Morgan fingerprint density at radius 1 is 1.32 bits per heavy atom. The van der Waals surface area contributed by atoms with E-state index in [1.54, 1.807) is 13.3 Å². The van der Waals surface area contributed by atoms with Crippen LogP contribution in [0.25, 0.3) is 11.3 Å². The molecule has 1 heterocycles. The fraction of sp³-hybridized carbons (Fsp3) is 0.286. The minimum atomic E-state index is -0.241. The van der Waals surface area contributed by atoms with Gasteiger partial charge in [0.05, 0.1) is 32.5 Å². The van der Waals surface area contributed by atoms with Gasteiger partial charge >= 0.3 is 5.97 Å². The number of carbonyl (C=O) groups excluding carboxylic acids is 1. The summed E-state index contributed by atoms with van der Waals surface area (Å²) < 4.78 is 9.90. The van der Waals surface area contributed by atoms with Crippen molar-refractivity contribution in [1.82, 2.24) is 9.97 Å². The van der Waals surface area contributed by atoms with E-state index in [1.165, 1.54) is 7.11 Å². The number of hydrogen-bond donors (Lipinski definition) is 1. The first-order chi connectivity index (χ1) is 9.24. The Kier molecular flexibility index (Phi) is 4.18. The van der Waals surface area contributed by atoms with E-state index in [0.717, 1.165) is 22.8 Å². The van der Waals surface area contributed by atoms with Gasteiger partial charge in [-0.05, 0) is 12.1 Å². The van der Waals surface area contributed by atoms with Crippen LogP contribution >= 0.6 is 0 Å². The lowest BCUT2D eigenvalue weighted by Crippen LogP contribution is -2.02. The number of carbonyl (C=O) groups is 1. The molecule has 5 nitrogen and oxygen atoms in total. The minimum Gasteiger partial charge on any atom is -0.496 e. The number of aromatic nitrogens is 2. The molecule has 0 aliphatic heterocycles. The first kappa shape index (κ1) is 13.1. The van der Waals surface area contributed by atoms with Gasteiger partial charge in [0.1, 0.15) is 11.6 Å². The Hall–Kier alpha value is -2.30. The van der Waals surface area contributed by atoms with Crippen molar-refractivity contribution in [3.05, 3.63) is 36.3 Å². The monoisotopic (exact) mass is 260 g/mol. The SMILES string of the molecule is COC(=O)CCc1ncc(-c2ccccc2OC)[nH]1. The maximum absolute atomic E-state index is 11.1. The van der Waals surface area contributed by atoms with E-state index in [1.807, 2.05) is 24.3 Å². The van der Waals surface area contributed by atoms with Gasteiger partial charge in [0, 0.05) is 12.0 Å². The number of ether oxygens (including phenoxy) is 2. The number of H-pyrrole nitrogens is 1. The average molecular weight is 260 g/mol. The third kappa shape index (κ3) is 3.13. The summed E-state index contributed by atoms with van der Waals surface area (Å²) in [6, 6.07) is 7.70. The Morgan fingerprint density at radius 2 is 2.11 bits per heavy atom. The highest BCUT2D eigenvalue weighted by Gasteiger charge is 2.09. The molecule has 5 heteroatoms. The van der Waals surface area contributed by atoms with E-state index in [4.69, 9.17) is 4.74 Å². The van der Waals surface area contributed by atoms with Gasteiger partial charge in [-0.15, -0.1) is 0 Å². The smallest absolute Gasteiger partial charge is 0.305 e. The summed E-state index contributed by atoms with van der Waals surface area (Å²) in [6.45, 7) is 0. The molecule has 2 aromatic rings. The highest BCUT2D eigenvalue weighted by molar-refractivity contribution is 5.69. The van der Waals surface area contributed by atoms with E-state index in [2.05, 4.69) is 14.7 Å². The van der Waals surface area contributed by atoms with Gasteiger partial charge in [0.2, 0.25) is 0 Å². The van der Waals surface area contributed by atoms with Crippen molar-refractivity contribution in [2.24, 2.45) is 0 Å². The number of esters is 1. The minimum absolute atomic E-state index is 0.241. The Labute approximate surface area is 111 Å². The van der Waals surface area contributed by atoms with Crippen LogP contribution in [0.5, 0.6) is 5.75 Å². The van der Waals surface area contributed by atoms with E-state index >= 15 is 0 Å². The number of methoxy groups -OCH3 is 2. The standard InChI is InChI=1S/C14H16N2O3/c1-18-12-6-4-3-5-10(12)11-9-15-13(16-11)7-8-14(17)19-2/h3-6,9H,7-8H2,1-2H3,(H,15,16). The van der Waals surface area contributed by atoms with E-state index in [-0.39, 0.29) is 5.97 Å². The molecular weight excluding hydrogens is 244 g/mol. The van der Waals surface area contributed by atoms with Crippen LogP contribution in [0.2, 0.25) is 0 Å². The summed E-state index contributed by atoms with van der Waals surface area (Å²) in [4.78, 5) is 18.5. The quantitative estimate of drug-likeness (QED) is 0.837. The molecule has 0 atom stereocenters. The summed E-state index contributed by atoms with van der Waals surface area (Å²) >= 11 is 0. The molecule has 1 aromatic heterocycles. The molecule has 0 saturated carbocycles. The van der Waals surface area contributed by atoms with Crippen molar-refractivity contribution in [3.63, 3.8) is 0 Å². The van der Waals surface area contributed by atoms with Crippen molar-refractivity contribution in [2.75, 3.05) is 14.2 Å². The first-order valence-electron chi connectivity index (χ1n) is 5.98. The number of aromatic amines is 1. The van der Waals surface area contributed by atoms with Crippen molar-refractivity contribution in [3.8, 4) is 17.0 Å². The van der Waals surface area contributed by atoms with Gasteiger partial charge < -0.3 is 14.5 Å². The predicted octanol–water partition coefficient (Wildman–Crippen LogP) is 2.19. The number of benzene rings is 1. The second-order valence-corrected chi connectivity index (χ2v) is 4.02. The molecule has 0 aliphatic rings. The number of aryl methyl sites for hydroxylation is 1. The van der Waals surface area contributed by atoms with Crippen LogP contribution in [-0.2, 0) is 16.0 Å². The maximum Gasteiger partial charge on any atom is 0.305 e. The van der Waals surface area contributed by atoms with Crippen molar-refractivity contribution in [2.45, 2.75) is 12.8 Å². The fourth-order valence-electron chi connectivity index (χ4n) is 1.82. The Bertz CT molecular complexity index is 563. The van der Waals surface area contributed by atoms with E-state index in [9.17, 15) is 4.79 Å². The molecule has 1 N–H and O–H groups in total. The summed E-state index contributed by atoms with van der Waals surface area (Å²) in [5.74, 6) is 1.30. The molecule has 2 rings (SSSR count). The molecule has 0 bridgehead atoms. The lowest BCUT2D eigenvalue weighted by molar-refractivity contribution is -0.140. The van der Waals surface area contributed by atoms with Gasteiger partial charge in [-0.25, -0.2) is 4.98 Å². The van der Waals surface area contributed by atoms with E-state index in [0.29, 0.717) is 12.8 Å². The van der Waals surface area contributed by atoms with E-state index < -0.39 is 0 Å². The second kappa shape index (κ2) is 6.04. The number of imidazole rings is 1. The van der Waals surface area contributed by atoms with Crippen LogP contribution in [0, 0.1) is 0 Å². The molecule has 0 unspecified atom stereocenters. The molecule has 0 radical (unpaired) electrons. The van der Waals surface area contributed by atoms with Crippen molar-refractivity contribution < 1.29 is 14.3 Å². The maximum atomic E-state index is 11.1. The fourth-order valence-corrected chi connectivity index (χ4v) is 1.82. The molecule has 1 aromatic carbocycles. The van der Waals surface area contributed by atoms with Crippen LogP contribution < -0.4 is 4.74 Å². The average Bonchev–Trinajstić information content (AvgIpc) is 2.93. The first-order valence-corrected chi connectivity index (χ1v) is 5.98. The third-order valence-electron chi connectivity index (χ3n) is 2.82. The molecule has 0 saturated heterocycles. The van der Waals surface area contributed by atoms with Gasteiger partial charge in [0.15, 0.2) is 0 Å². The molecule has 19 heavy (non-hydrogen) atoms. The number of nitrogens with zero attached hydrogens (tertiary/aromatic N) is 1. The Balaban J connectivity index is 2.14. The number of hydrogen-bond acceptors (Lipinski definition) is 4. The van der Waals surface area contributed by atoms with Gasteiger partial charge in [0.25, 0.3) is 0 Å². The van der Waals surface area contributed by atoms with Gasteiger partial charge in [-0.3, -0.25) is 4.79 Å². The third-order valence-corrected chi connectivity index (χ3v) is 2.82. The largest absolute Gasteiger partial charge is 0.496 e. The molecule has 0 spiro atoms. The molecule has 0 aliphatic carbocycles. The zero-order chi connectivity index (χ0) is 13.7. The highest BCUT2D eigenvalue weighted by Crippen LogP contribution is 2.27. The normalized spacial score (nSPS) is 10.2. The molecule has 100 valence electrons. The number of nitrogens with one attached hydrogen (secondary N) is 1. The van der Waals surface area contributed by atoms with Crippen LogP contribution in [0.15, 0.2) is 30.5 Å². The summed E-state index contributed by atoms with van der Waals surface area (Å²) in [6.07, 6.45) is 2.58. The summed E-state index contributed by atoms with van der Waals surface area (Å²) in [5, 5.41) is 0. The highest BCUT2D eigenvalue weighted by atomic mass is 16.5. The zero-order valence-electron chi connectivity index (χ0n) is 11.0. The van der Waals surface area contributed by atoms with Gasteiger partial charge in [-0.2, -0.15) is 0 Å². The van der Waals surface area contributed by atoms with Crippen LogP contribution in [0.4, 0.5) is 0 Å². The lowest BCUT2D eigenvalue weighted by atomic mass is 10.1. The molecule has 0 amide bonds. The van der Waals surface area contributed by atoms with Crippen molar-refractivity contribution >= 4 is 5.97 Å². The topological polar surface area (TPSA) is 64.2 Å².